The Labute approximate surface area is 225 Å². The van der Waals surface area contributed by atoms with Crippen LogP contribution in [0.5, 0.6) is 5.75 Å². The molecule has 0 heterocycles. The molecule has 4 atom stereocenters. The first-order valence-corrected chi connectivity index (χ1v) is 12.3. The Hall–Kier alpha value is -4.24. The highest BCUT2D eigenvalue weighted by Gasteiger charge is 2.30. The number of primary amides is 2. The minimum Gasteiger partial charge on any atom is -0.508 e. The third kappa shape index (κ3) is 12.7. The zero-order chi connectivity index (χ0) is 29.5. The molecule has 0 fully saturated rings. The summed E-state index contributed by atoms with van der Waals surface area (Å²) in [5, 5.41) is 26.2. The lowest BCUT2D eigenvalue weighted by atomic mass is 10.0. The highest BCUT2D eigenvalue weighted by Crippen LogP contribution is 2.12. The summed E-state index contributed by atoms with van der Waals surface area (Å²) in [6.45, 7) is 0.324. The predicted octanol–water partition coefficient (Wildman–Crippen LogP) is -2.93. The van der Waals surface area contributed by atoms with E-state index in [9.17, 15) is 39.0 Å². The third-order valence-electron chi connectivity index (χ3n) is 5.64. The average Bonchev–Trinajstić information content (AvgIpc) is 2.85. The van der Waals surface area contributed by atoms with Crippen LogP contribution in [0.2, 0.25) is 0 Å². The summed E-state index contributed by atoms with van der Waals surface area (Å²) in [7, 11) is 0. The summed E-state index contributed by atoms with van der Waals surface area (Å²) in [6, 6.07) is 0.432. The van der Waals surface area contributed by atoms with Crippen LogP contribution in [0.4, 0.5) is 0 Å². The maximum atomic E-state index is 13.1. The first-order chi connectivity index (χ1) is 18.3. The molecule has 1 aromatic rings. The van der Waals surface area contributed by atoms with Gasteiger partial charge in [-0.15, -0.1) is 0 Å². The van der Waals surface area contributed by atoms with E-state index < -0.39 is 66.1 Å². The monoisotopic (exact) mass is 551 g/mol. The molecule has 0 radical (unpaired) electrons. The highest BCUT2D eigenvalue weighted by molar-refractivity contribution is 5.95. The first kappa shape index (κ1) is 32.8. The number of benzene rings is 1. The van der Waals surface area contributed by atoms with Crippen molar-refractivity contribution in [3.63, 3.8) is 0 Å². The van der Waals surface area contributed by atoms with Gasteiger partial charge in [0.25, 0.3) is 0 Å². The first-order valence-electron chi connectivity index (χ1n) is 12.3. The van der Waals surface area contributed by atoms with Crippen LogP contribution in [0.1, 0.15) is 44.1 Å². The van der Waals surface area contributed by atoms with Crippen LogP contribution in [0.25, 0.3) is 0 Å². The summed E-state index contributed by atoms with van der Waals surface area (Å²) in [6.07, 6.45) is -0.0782. The van der Waals surface area contributed by atoms with Crippen LogP contribution in [0, 0.1) is 0 Å². The van der Waals surface area contributed by atoms with Crippen molar-refractivity contribution in [1.29, 1.82) is 0 Å². The summed E-state index contributed by atoms with van der Waals surface area (Å²) < 4.78 is 0. The number of aromatic hydroxyl groups is 1. The average molecular weight is 552 g/mol. The second-order valence-corrected chi connectivity index (χ2v) is 8.96. The highest BCUT2D eigenvalue weighted by atomic mass is 16.4. The molecule has 1 rings (SSSR count). The van der Waals surface area contributed by atoms with Crippen LogP contribution in [0.3, 0.4) is 0 Å². The molecule has 0 aromatic heterocycles. The summed E-state index contributed by atoms with van der Waals surface area (Å²) >= 11 is 0. The second-order valence-electron chi connectivity index (χ2n) is 8.96. The fourth-order valence-electron chi connectivity index (χ4n) is 3.52. The number of rotatable bonds is 18. The number of hydrogen-bond acceptors (Lipinski definition) is 9. The Morgan fingerprint density at radius 3 is 1.82 bits per heavy atom. The van der Waals surface area contributed by atoms with Gasteiger partial charge < -0.3 is 49.1 Å². The number of aliphatic carboxylic acids is 1. The summed E-state index contributed by atoms with van der Waals surface area (Å²) in [4.78, 5) is 72.8. The third-order valence-corrected chi connectivity index (χ3v) is 5.64. The molecule has 0 saturated heterocycles. The number of phenolic OH excluding ortho intramolecular Hbond substituents is 1. The van der Waals surface area contributed by atoms with E-state index >= 15 is 0 Å². The Morgan fingerprint density at radius 2 is 1.31 bits per heavy atom. The number of hydrogen-bond donors (Lipinski definition) is 9. The van der Waals surface area contributed by atoms with Gasteiger partial charge in [-0.25, -0.2) is 4.79 Å². The minimum atomic E-state index is -1.40. The van der Waals surface area contributed by atoms with Crippen molar-refractivity contribution in [2.24, 2.45) is 22.9 Å². The maximum absolute atomic E-state index is 13.1. The number of phenols is 1. The smallest absolute Gasteiger partial charge is 0.326 e. The van der Waals surface area contributed by atoms with Gasteiger partial charge in [0.2, 0.25) is 29.5 Å². The SMILES string of the molecule is NCCCCC(NC(=O)C(N)CC(N)=O)C(=O)NC(CCC(N)=O)C(=O)NC(Cc1ccc(O)cc1)C(=O)O. The number of carbonyl (C=O) groups excluding carboxylic acids is 5. The van der Waals surface area contributed by atoms with Crippen LogP contribution in [-0.4, -0.2) is 76.4 Å². The van der Waals surface area contributed by atoms with Crippen molar-refractivity contribution in [2.75, 3.05) is 6.54 Å². The Morgan fingerprint density at radius 1 is 0.769 bits per heavy atom. The number of carboxylic acid groups (broad SMARTS) is 1. The number of nitrogens with two attached hydrogens (primary N) is 4. The summed E-state index contributed by atoms with van der Waals surface area (Å²) in [5.41, 5.74) is 21.9. The van der Waals surface area contributed by atoms with Gasteiger partial charge in [-0.3, -0.25) is 24.0 Å². The molecule has 1 aromatic carbocycles. The topological polar surface area (TPSA) is 283 Å². The summed E-state index contributed by atoms with van der Waals surface area (Å²) in [5.74, 6) is -5.47. The Balaban J connectivity index is 3.06. The molecule has 39 heavy (non-hydrogen) atoms. The number of carbonyl (C=O) groups is 6. The van der Waals surface area contributed by atoms with Crippen LogP contribution in [0.15, 0.2) is 24.3 Å². The lowest BCUT2D eigenvalue weighted by Crippen LogP contribution is -2.57. The van der Waals surface area contributed by atoms with E-state index in [0.717, 1.165) is 0 Å². The van der Waals surface area contributed by atoms with Gasteiger partial charge in [-0.2, -0.15) is 0 Å². The Bertz CT molecular complexity index is 1020. The van der Waals surface area contributed by atoms with E-state index in [1.54, 1.807) is 0 Å². The molecule has 15 heteroatoms. The second kappa shape index (κ2) is 16.6. The zero-order valence-electron chi connectivity index (χ0n) is 21.4. The molecule has 5 amide bonds. The molecule has 0 bridgehead atoms. The van der Waals surface area contributed by atoms with Crippen molar-refractivity contribution in [3.05, 3.63) is 29.8 Å². The standard InChI is InChI=1S/C24H37N7O8/c25-10-2-1-3-16(29-21(35)15(26)12-20(28)34)22(36)30-17(8-9-19(27)33)23(37)31-18(24(38)39)11-13-4-6-14(32)7-5-13/h4-7,15-18,32H,1-3,8-12,25-26H2,(H2,27,33)(H2,28,34)(H,29,35)(H,30,36)(H,31,37)(H,38,39). The lowest BCUT2D eigenvalue weighted by molar-refractivity contribution is -0.142. The molecule has 216 valence electrons. The molecular formula is C24H37N7O8. The molecule has 0 aliphatic heterocycles. The largest absolute Gasteiger partial charge is 0.508 e. The molecule has 15 nitrogen and oxygen atoms in total. The van der Waals surface area contributed by atoms with Crippen molar-refractivity contribution in [2.45, 2.75) is 69.1 Å². The molecule has 0 aliphatic carbocycles. The van der Waals surface area contributed by atoms with Crippen molar-refractivity contribution in [1.82, 2.24) is 16.0 Å². The van der Waals surface area contributed by atoms with E-state index in [2.05, 4.69) is 16.0 Å². The van der Waals surface area contributed by atoms with Crippen LogP contribution in [-0.2, 0) is 35.2 Å². The van der Waals surface area contributed by atoms with E-state index in [1.807, 2.05) is 0 Å². The van der Waals surface area contributed by atoms with E-state index in [4.69, 9.17) is 22.9 Å². The fourth-order valence-corrected chi connectivity index (χ4v) is 3.52. The van der Waals surface area contributed by atoms with E-state index in [1.165, 1.54) is 24.3 Å². The van der Waals surface area contributed by atoms with Crippen LogP contribution >= 0.6 is 0 Å². The maximum Gasteiger partial charge on any atom is 0.326 e. The van der Waals surface area contributed by atoms with Crippen molar-refractivity contribution >= 4 is 35.5 Å². The molecule has 13 N–H and O–H groups in total. The van der Waals surface area contributed by atoms with Gasteiger partial charge in [0, 0.05) is 12.8 Å². The number of carboxylic acids is 1. The number of amides is 5. The fraction of sp³-hybridized carbons (Fsp3) is 0.500. The van der Waals surface area contributed by atoms with E-state index in [-0.39, 0.29) is 31.4 Å². The Kier molecular flexibility index (Phi) is 13.9. The van der Waals surface area contributed by atoms with Gasteiger partial charge in [0.05, 0.1) is 12.5 Å². The molecule has 0 spiro atoms. The number of nitrogens with one attached hydrogen (secondary N) is 3. The zero-order valence-corrected chi connectivity index (χ0v) is 21.4. The van der Waals surface area contributed by atoms with Crippen molar-refractivity contribution in [3.8, 4) is 5.75 Å². The lowest BCUT2D eigenvalue weighted by Gasteiger charge is -2.25. The van der Waals surface area contributed by atoms with Gasteiger partial charge in [-0.05, 0) is 49.9 Å². The van der Waals surface area contributed by atoms with Gasteiger partial charge in [-0.1, -0.05) is 12.1 Å². The molecular weight excluding hydrogens is 514 g/mol. The van der Waals surface area contributed by atoms with Gasteiger partial charge >= 0.3 is 5.97 Å². The normalized spacial score (nSPS) is 13.8. The van der Waals surface area contributed by atoms with Crippen LogP contribution < -0.4 is 38.9 Å². The van der Waals surface area contributed by atoms with Crippen molar-refractivity contribution < 1.29 is 39.0 Å². The molecule has 4 unspecified atom stereocenters. The van der Waals surface area contributed by atoms with Gasteiger partial charge in [0.15, 0.2) is 0 Å². The minimum absolute atomic E-state index is 0.0208. The molecule has 0 aliphatic rings. The van der Waals surface area contributed by atoms with E-state index in [0.29, 0.717) is 24.9 Å². The predicted molar refractivity (Wildman–Crippen MR) is 138 cm³/mol. The molecule has 0 saturated carbocycles. The number of unbranched alkanes of at least 4 members (excludes halogenated alkanes) is 1. The van der Waals surface area contributed by atoms with Gasteiger partial charge in [0.1, 0.15) is 23.9 Å². The quantitative estimate of drug-likeness (QED) is 0.0837.